The highest BCUT2D eigenvalue weighted by molar-refractivity contribution is 7.80. The molecule has 0 bridgehead atoms. The lowest BCUT2D eigenvalue weighted by Crippen LogP contribution is -2.61. The molecule has 0 aliphatic rings. The molecule has 19 N–H and O–H groups in total. The molecular formula is C50H95N15O10S2. The maximum Gasteiger partial charge on any atom is 0.244 e. The van der Waals surface area contributed by atoms with Crippen LogP contribution in [0.4, 0.5) is 0 Å². The van der Waals surface area contributed by atoms with E-state index in [9.17, 15) is 47.9 Å². The fourth-order valence-electron chi connectivity index (χ4n) is 7.88. The van der Waals surface area contributed by atoms with E-state index in [0.717, 1.165) is 0 Å². The van der Waals surface area contributed by atoms with Gasteiger partial charge in [0.1, 0.15) is 54.4 Å². The van der Waals surface area contributed by atoms with Crippen molar-refractivity contribution in [1.29, 1.82) is 5.41 Å². The molecule has 0 aromatic rings. The standard InChI is InChI=1S/C50H95N15O10S2/c1-11-30(10)40(49(75)59-31(15-12-13-17-51)42(68)63-38(25-77)48(74)62-35(21-28(6)7)45(71)60-33(41(53)67)19-26(2)3)65-43(69)32(16-14-18-56-50(54)55)58-47(73)37(24-76)64-46(72)36(22-29(8)9)61-44(70)34(20-27(4)5)57-39(66)23-52/h26-38,40,76-77H,11-25,51-52H2,1-10H3,(H2,53,67)(H,57,66)(H,58,73)(H,59,75)(H,60,71)(H,61,70)(H,62,74)(H,63,68)(H,64,72)(H,65,69)(H4,54,55,56)/t30-,31-,32-,33-,34-,35-,36-,37-,38-,40-/m0/s1. The first-order valence-corrected chi connectivity index (χ1v) is 28.0. The summed E-state index contributed by atoms with van der Waals surface area (Å²) in [5.41, 5.74) is 22.3. The predicted molar refractivity (Wildman–Crippen MR) is 303 cm³/mol. The Balaban J connectivity index is 6.71. The number of guanidine groups is 1. The molecule has 25 nitrogen and oxygen atoms in total. The molecule has 0 saturated heterocycles. The third-order valence-electron chi connectivity index (χ3n) is 12.2. The predicted octanol–water partition coefficient (Wildman–Crippen LogP) is -1.72. The number of carbonyl (C=O) groups excluding carboxylic acids is 10. The zero-order valence-corrected chi connectivity index (χ0v) is 48.8. The Bertz CT molecular complexity index is 1930. The summed E-state index contributed by atoms with van der Waals surface area (Å²) in [6, 6.07) is -10.7. The van der Waals surface area contributed by atoms with Gasteiger partial charge >= 0.3 is 0 Å². The lowest BCUT2D eigenvalue weighted by molar-refractivity contribution is -0.136. The van der Waals surface area contributed by atoms with E-state index in [1.807, 2.05) is 55.4 Å². The minimum Gasteiger partial charge on any atom is -0.370 e. The van der Waals surface area contributed by atoms with Crippen LogP contribution in [0.1, 0.15) is 133 Å². The van der Waals surface area contributed by atoms with Crippen molar-refractivity contribution in [1.82, 2.24) is 53.2 Å². The summed E-state index contributed by atoms with van der Waals surface area (Å²) in [4.78, 5) is 136. The van der Waals surface area contributed by atoms with E-state index in [1.54, 1.807) is 13.8 Å². The van der Waals surface area contributed by atoms with Crippen LogP contribution in [0.5, 0.6) is 0 Å². The minimum atomic E-state index is -1.33. The molecule has 0 rings (SSSR count). The summed E-state index contributed by atoms with van der Waals surface area (Å²) in [5, 5.41) is 34.2. The molecule has 0 aromatic heterocycles. The summed E-state index contributed by atoms with van der Waals surface area (Å²) in [5.74, 6) is -8.66. The quantitative estimate of drug-likeness (QED) is 0.0141. The number of hydrogen-bond acceptors (Lipinski definition) is 15. The van der Waals surface area contributed by atoms with Crippen molar-refractivity contribution in [3.63, 3.8) is 0 Å². The molecule has 10 atom stereocenters. The highest BCUT2D eigenvalue weighted by Crippen LogP contribution is 2.14. The van der Waals surface area contributed by atoms with Crippen LogP contribution in [0.3, 0.4) is 0 Å². The molecule has 442 valence electrons. The molecule has 10 amide bonds. The van der Waals surface area contributed by atoms with E-state index in [1.165, 1.54) is 0 Å². The van der Waals surface area contributed by atoms with Gasteiger partial charge in [-0.1, -0.05) is 75.7 Å². The maximum atomic E-state index is 14.3. The molecule has 0 aliphatic heterocycles. The number of carbonyl (C=O) groups is 10. The SMILES string of the molecule is CC[C@H](C)[C@H](NC(=O)[C@H](CCCNC(=N)N)NC(=O)[C@H](CS)NC(=O)[C@H](CC(C)C)NC(=O)[C@H](CC(C)C)NC(=O)CN)C(=O)N[C@@H](CCCCN)C(=O)N[C@@H](CS)C(=O)N[C@@H](CC(C)C)C(=O)N[C@@H](CC(C)C)C(N)=O. The second kappa shape index (κ2) is 38.2. The van der Waals surface area contributed by atoms with Crippen molar-refractivity contribution in [2.45, 2.75) is 188 Å². The van der Waals surface area contributed by atoms with Crippen molar-refractivity contribution in [2.24, 2.45) is 52.5 Å². The number of rotatable bonds is 39. The Kier molecular flexibility index (Phi) is 35.5. The number of amides is 10. The zero-order chi connectivity index (χ0) is 59.1. The second-order valence-corrected chi connectivity index (χ2v) is 21.9. The first-order valence-electron chi connectivity index (χ1n) is 26.8. The first-order chi connectivity index (χ1) is 36.0. The number of primary amides is 1. The smallest absolute Gasteiger partial charge is 0.244 e. The maximum absolute atomic E-state index is 14.3. The lowest BCUT2D eigenvalue weighted by atomic mass is 9.96. The Morgan fingerprint density at radius 2 is 0.779 bits per heavy atom. The van der Waals surface area contributed by atoms with Gasteiger partial charge in [0.05, 0.1) is 6.54 Å². The van der Waals surface area contributed by atoms with Crippen molar-refractivity contribution in [2.75, 3.05) is 31.1 Å². The van der Waals surface area contributed by atoms with Crippen LogP contribution in [0.15, 0.2) is 0 Å². The van der Waals surface area contributed by atoms with Crippen LogP contribution < -0.4 is 76.1 Å². The average Bonchev–Trinajstić information content (AvgIpc) is 3.34. The molecule has 0 unspecified atom stereocenters. The highest BCUT2D eigenvalue weighted by Gasteiger charge is 2.36. The molecule has 0 fully saturated rings. The number of hydrogen-bond donors (Lipinski definition) is 17. The third-order valence-corrected chi connectivity index (χ3v) is 12.9. The van der Waals surface area contributed by atoms with Gasteiger partial charge in [0.15, 0.2) is 5.96 Å². The summed E-state index contributed by atoms with van der Waals surface area (Å²) in [6.07, 6.45) is 2.31. The summed E-state index contributed by atoms with van der Waals surface area (Å²) in [6.45, 7) is 18.3. The van der Waals surface area contributed by atoms with Gasteiger partial charge in [-0.3, -0.25) is 53.4 Å². The molecule has 0 radical (unpaired) electrons. The van der Waals surface area contributed by atoms with Crippen LogP contribution in [0, 0.1) is 35.0 Å². The first kappa shape index (κ1) is 71.6. The van der Waals surface area contributed by atoms with Crippen LogP contribution >= 0.6 is 25.3 Å². The van der Waals surface area contributed by atoms with Gasteiger partial charge in [0.2, 0.25) is 59.1 Å². The Labute approximate surface area is 466 Å². The normalized spacial score (nSPS) is 15.2. The topological polar surface area (TPSA) is 419 Å². The number of nitrogens with one attached hydrogen (secondary N) is 11. The van der Waals surface area contributed by atoms with Crippen molar-refractivity contribution < 1.29 is 47.9 Å². The molecule has 0 spiro atoms. The van der Waals surface area contributed by atoms with Gasteiger partial charge in [-0.05, 0) is 93.9 Å². The van der Waals surface area contributed by atoms with Gasteiger partial charge < -0.3 is 76.1 Å². The molecule has 0 aliphatic carbocycles. The van der Waals surface area contributed by atoms with Crippen molar-refractivity contribution in [3.05, 3.63) is 0 Å². The molecule has 27 heteroatoms. The van der Waals surface area contributed by atoms with E-state index in [4.69, 9.17) is 28.3 Å². The number of nitrogens with two attached hydrogens (primary N) is 4. The van der Waals surface area contributed by atoms with Gasteiger partial charge in [0, 0.05) is 18.1 Å². The summed E-state index contributed by atoms with van der Waals surface area (Å²) in [7, 11) is 0. The second-order valence-electron chi connectivity index (χ2n) is 21.2. The number of unbranched alkanes of at least 4 members (excludes halogenated alkanes) is 1. The monoisotopic (exact) mass is 1130 g/mol. The molecule has 77 heavy (non-hydrogen) atoms. The summed E-state index contributed by atoms with van der Waals surface area (Å²) < 4.78 is 0. The molecular weight excluding hydrogens is 1030 g/mol. The van der Waals surface area contributed by atoms with E-state index >= 15 is 0 Å². The minimum absolute atomic E-state index is 0.0106. The molecule has 0 saturated carbocycles. The van der Waals surface area contributed by atoms with Crippen LogP contribution in [0.2, 0.25) is 0 Å². The number of thiol groups is 2. The highest BCUT2D eigenvalue weighted by atomic mass is 32.1. The average molecular weight is 1130 g/mol. The fraction of sp³-hybridized carbons (Fsp3) is 0.780. The van der Waals surface area contributed by atoms with Gasteiger partial charge in [0.25, 0.3) is 0 Å². The van der Waals surface area contributed by atoms with Crippen LogP contribution in [-0.4, -0.2) is 151 Å². The largest absolute Gasteiger partial charge is 0.370 e. The van der Waals surface area contributed by atoms with Crippen molar-refractivity contribution >= 4 is 90.3 Å². The fourth-order valence-corrected chi connectivity index (χ4v) is 8.39. The van der Waals surface area contributed by atoms with Gasteiger partial charge in [-0.25, -0.2) is 0 Å². The molecule has 0 heterocycles. The van der Waals surface area contributed by atoms with Gasteiger partial charge in [-0.2, -0.15) is 25.3 Å². The van der Waals surface area contributed by atoms with E-state index in [-0.39, 0.29) is 106 Å². The van der Waals surface area contributed by atoms with Crippen LogP contribution in [-0.2, 0) is 47.9 Å². The van der Waals surface area contributed by atoms with E-state index < -0.39 is 119 Å². The zero-order valence-electron chi connectivity index (χ0n) is 47.0. The Hall–Kier alpha value is -5.41. The summed E-state index contributed by atoms with van der Waals surface area (Å²) >= 11 is 8.63. The Morgan fingerprint density at radius 1 is 0.442 bits per heavy atom. The van der Waals surface area contributed by atoms with Gasteiger partial charge in [-0.15, -0.1) is 0 Å². The third kappa shape index (κ3) is 29.2. The van der Waals surface area contributed by atoms with E-state index in [2.05, 4.69) is 78.4 Å². The lowest BCUT2D eigenvalue weighted by Gasteiger charge is -2.30. The Morgan fingerprint density at radius 3 is 1.16 bits per heavy atom. The van der Waals surface area contributed by atoms with Crippen molar-refractivity contribution in [3.8, 4) is 0 Å². The van der Waals surface area contributed by atoms with Crippen LogP contribution in [0.25, 0.3) is 0 Å². The molecule has 0 aromatic carbocycles. The van der Waals surface area contributed by atoms with E-state index in [0.29, 0.717) is 19.3 Å².